The van der Waals surface area contributed by atoms with Crippen molar-refractivity contribution in [2.24, 2.45) is 7.05 Å². The number of rotatable bonds is 6. The molecule has 0 aliphatic carbocycles. The second-order valence-corrected chi connectivity index (χ2v) is 6.74. The van der Waals surface area contributed by atoms with Gasteiger partial charge < -0.3 is 13.9 Å². The van der Waals surface area contributed by atoms with Gasteiger partial charge in [-0.05, 0) is 34.5 Å². The van der Waals surface area contributed by atoms with Gasteiger partial charge in [0.2, 0.25) is 5.91 Å². The molecule has 0 radical (unpaired) electrons. The van der Waals surface area contributed by atoms with Crippen LogP contribution in [0, 0.1) is 0 Å². The fraction of sp³-hybridized carbons (Fsp3) is 0.267. The second kappa shape index (κ2) is 7.01. The standard InChI is InChI=1S/C15H16N4O2S2/c1-18(8-11-5-7-22-9-11)13(20)10-23-15-17-16-14(19(15)2)12-4-3-6-21-12/h3-7,9H,8,10H2,1-2H3. The summed E-state index contributed by atoms with van der Waals surface area (Å²) in [5, 5.41) is 13.0. The molecule has 0 atom stereocenters. The van der Waals surface area contributed by atoms with E-state index in [2.05, 4.69) is 15.6 Å². The number of thiophene rings is 1. The lowest BCUT2D eigenvalue weighted by Crippen LogP contribution is -2.27. The third kappa shape index (κ3) is 3.65. The fourth-order valence-corrected chi connectivity index (χ4v) is 3.55. The minimum absolute atomic E-state index is 0.0590. The summed E-state index contributed by atoms with van der Waals surface area (Å²) in [5.74, 6) is 1.69. The summed E-state index contributed by atoms with van der Waals surface area (Å²) in [6.07, 6.45) is 1.60. The van der Waals surface area contributed by atoms with Gasteiger partial charge in [0.15, 0.2) is 16.7 Å². The molecule has 3 rings (SSSR count). The zero-order valence-corrected chi connectivity index (χ0v) is 14.4. The van der Waals surface area contributed by atoms with Crippen molar-refractivity contribution in [3.05, 3.63) is 40.8 Å². The van der Waals surface area contributed by atoms with Crippen LogP contribution in [0.25, 0.3) is 11.6 Å². The Balaban J connectivity index is 1.59. The first-order valence-electron chi connectivity index (χ1n) is 6.96. The minimum Gasteiger partial charge on any atom is -0.461 e. The number of carbonyl (C=O) groups excluding carboxylic acids is 1. The van der Waals surface area contributed by atoms with Crippen LogP contribution in [-0.2, 0) is 18.4 Å². The summed E-state index contributed by atoms with van der Waals surface area (Å²) in [6, 6.07) is 5.66. The van der Waals surface area contributed by atoms with Gasteiger partial charge in [0.1, 0.15) is 0 Å². The Morgan fingerprint density at radius 1 is 1.43 bits per heavy atom. The lowest BCUT2D eigenvalue weighted by Gasteiger charge is -2.15. The van der Waals surface area contributed by atoms with Crippen LogP contribution in [0.3, 0.4) is 0 Å². The first kappa shape index (κ1) is 15.8. The highest BCUT2D eigenvalue weighted by Gasteiger charge is 2.16. The number of aromatic nitrogens is 3. The van der Waals surface area contributed by atoms with Gasteiger partial charge in [-0.1, -0.05) is 11.8 Å². The molecule has 0 aliphatic heterocycles. The van der Waals surface area contributed by atoms with E-state index in [1.165, 1.54) is 11.8 Å². The van der Waals surface area contributed by atoms with E-state index in [0.717, 1.165) is 5.56 Å². The third-order valence-electron chi connectivity index (χ3n) is 3.33. The highest BCUT2D eigenvalue weighted by Crippen LogP contribution is 2.23. The van der Waals surface area contributed by atoms with Crippen molar-refractivity contribution in [2.45, 2.75) is 11.7 Å². The van der Waals surface area contributed by atoms with Crippen LogP contribution in [0.2, 0.25) is 0 Å². The van der Waals surface area contributed by atoms with E-state index in [9.17, 15) is 4.79 Å². The van der Waals surface area contributed by atoms with Gasteiger partial charge in [-0.15, -0.1) is 10.2 Å². The highest BCUT2D eigenvalue weighted by atomic mass is 32.2. The van der Waals surface area contributed by atoms with Gasteiger partial charge in [0.25, 0.3) is 0 Å². The summed E-state index contributed by atoms with van der Waals surface area (Å²) in [5.41, 5.74) is 1.15. The van der Waals surface area contributed by atoms with Crippen molar-refractivity contribution < 1.29 is 9.21 Å². The first-order valence-corrected chi connectivity index (χ1v) is 8.89. The molecule has 120 valence electrons. The predicted molar refractivity (Wildman–Crippen MR) is 90.2 cm³/mol. The van der Waals surface area contributed by atoms with Crippen molar-refractivity contribution in [3.63, 3.8) is 0 Å². The van der Waals surface area contributed by atoms with E-state index in [1.807, 2.05) is 36.2 Å². The van der Waals surface area contributed by atoms with Crippen LogP contribution in [-0.4, -0.2) is 38.4 Å². The number of amides is 1. The molecule has 3 heterocycles. The van der Waals surface area contributed by atoms with Gasteiger partial charge in [-0.3, -0.25) is 4.79 Å². The normalized spacial score (nSPS) is 10.9. The van der Waals surface area contributed by atoms with Crippen molar-refractivity contribution in [2.75, 3.05) is 12.8 Å². The van der Waals surface area contributed by atoms with Crippen LogP contribution in [0.5, 0.6) is 0 Å². The molecular formula is C15H16N4O2S2. The topological polar surface area (TPSA) is 64.2 Å². The Hall–Kier alpha value is -2.06. The highest BCUT2D eigenvalue weighted by molar-refractivity contribution is 7.99. The molecule has 3 aromatic rings. The Labute approximate surface area is 142 Å². The van der Waals surface area contributed by atoms with Crippen LogP contribution in [0.4, 0.5) is 0 Å². The lowest BCUT2D eigenvalue weighted by atomic mass is 10.3. The smallest absolute Gasteiger partial charge is 0.233 e. The molecule has 23 heavy (non-hydrogen) atoms. The van der Waals surface area contributed by atoms with E-state index in [4.69, 9.17) is 4.42 Å². The summed E-state index contributed by atoms with van der Waals surface area (Å²) in [6.45, 7) is 0.624. The summed E-state index contributed by atoms with van der Waals surface area (Å²) in [4.78, 5) is 13.9. The SMILES string of the molecule is CN(Cc1ccsc1)C(=O)CSc1nnc(-c2ccco2)n1C. The summed E-state index contributed by atoms with van der Waals surface area (Å²) < 4.78 is 7.16. The number of hydrogen-bond acceptors (Lipinski definition) is 6. The lowest BCUT2D eigenvalue weighted by molar-refractivity contribution is -0.127. The quantitative estimate of drug-likeness (QED) is 0.641. The van der Waals surface area contributed by atoms with E-state index < -0.39 is 0 Å². The van der Waals surface area contributed by atoms with E-state index in [-0.39, 0.29) is 5.91 Å². The van der Waals surface area contributed by atoms with Gasteiger partial charge in [0.05, 0.1) is 12.0 Å². The molecule has 0 aromatic carbocycles. The number of nitrogens with zero attached hydrogens (tertiary/aromatic N) is 4. The molecule has 0 saturated heterocycles. The zero-order valence-electron chi connectivity index (χ0n) is 12.8. The first-order chi connectivity index (χ1) is 11.1. The van der Waals surface area contributed by atoms with Crippen LogP contribution < -0.4 is 0 Å². The van der Waals surface area contributed by atoms with Gasteiger partial charge in [0, 0.05) is 20.6 Å². The molecule has 8 heteroatoms. The Morgan fingerprint density at radius 3 is 3.00 bits per heavy atom. The van der Waals surface area contributed by atoms with E-state index in [1.54, 1.807) is 28.6 Å². The molecular weight excluding hydrogens is 332 g/mol. The monoisotopic (exact) mass is 348 g/mol. The minimum atomic E-state index is 0.0590. The molecule has 0 bridgehead atoms. The largest absolute Gasteiger partial charge is 0.461 e. The Kier molecular flexibility index (Phi) is 4.82. The molecule has 0 N–H and O–H groups in total. The molecule has 0 unspecified atom stereocenters. The van der Waals surface area contributed by atoms with Crippen molar-refractivity contribution in [1.82, 2.24) is 19.7 Å². The van der Waals surface area contributed by atoms with E-state index in [0.29, 0.717) is 29.0 Å². The van der Waals surface area contributed by atoms with Crippen LogP contribution >= 0.6 is 23.1 Å². The molecule has 1 amide bonds. The average molecular weight is 348 g/mol. The summed E-state index contributed by atoms with van der Waals surface area (Å²) in [7, 11) is 3.67. The Bertz CT molecular complexity index is 766. The zero-order chi connectivity index (χ0) is 16.2. The molecule has 0 saturated carbocycles. The van der Waals surface area contributed by atoms with Gasteiger partial charge >= 0.3 is 0 Å². The van der Waals surface area contributed by atoms with Crippen molar-refractivity contribution in [3.8, 4) is 11.6 Å². The molecule has 3 aromatic heterocycles. The predicted octanol–water partition coefficient (Wildman–Crippen LogP) is 2.89. The maximum absolute atomic E-state index is 12.2. The number of thioether (sulfide) groups is 1. The third-order valence-corrected chi connectivity index (χ3v) is 5.06. The summed E-state index contributed by atoms with van der Waals surface area (Å²) >= 11 is 3.01. The molecule has 6 nitrogen and oxygen atoms in total. The van der Waals surface area contributed by atoms with Crippen LogP contribution in [0.1, 0.15) is 5.56 Å². The van der Waals surface area contributed by atoms with Gasteiger partial charge in [-0.25, -0.2) is 0 Å². The maximum atomic E-state index is 12.2. The molecule has 0 aliphatic rings. The number of carbonyl (C=O) groups is 1. The van der Waals surface area contributed by atoms with E-state index >= 15 is 0 Å². The molecule has 0 fully saturated rings. The maximum Gasteiger partial charge on any atom is 0.233 e. The second-order valence-electron chi connectivity index (χ2n) is 5.01. The van der Waals surface area contributed by atoms with Gasteiger partial charge in [-0.2, -0.15) is 11.3 Å². The fourth-order valence-electron chi connectivity index (χ4n) is 2.04. The van der Waals surface area contributed by atoms with Crippen LogP contribution in [0.15, 0.2) is 44.8 Å². The number of furan rings is 1. The number of hydrogen-bond donors (Lipinski definition) is 0. The van der Waals surface area contributed by atoms with Crippen molar-refractivity contribution >= 4 is 29.0 Å². The van der Waals surface area contributed by atoms with Crippen molar-refractivity contribution in [1.29, 1.82) is 0 Å². The average Bonchev–Trinajstić information content (AvgIpc) is 3.26. The Morgan fingerprint density at radius 2 is 2.30 bits per heavy atom. The molecule has 0 spiro atoms.